The Morgan fingerprint density at radius 2 is 0.680 bits per heavy atom. The van der Waals surface area contributed by atoms with E-state index in [1.807, 2.05) is 0 Å². The minimum atomic E-state index is 0. The first-order valence-electron chi connectivity index (χ1n) is 8.54. The Morgan fingerprint density at radius 3 is 0.720 bits per heavy atom. The van der Waals surface area contributed by atoms with E-state index in [2.05, 4.69) is 101 Å². The van der Waals surface area contributed by atoms with Crippen LogP contribution in [0.5, 0.6) is 0 Å². The van der Waals surface area contributed by atoms with Crippen LogP contribution in [0.25, 0.3) is 0 Å². The monoisotopic (exact) mass is 496 g/mol. The van der Waals surface area contributed by atoms with Crippen molar-refractivity contribution < 1.29 is 25.8 Å². The van der Waals surface area contributed by atoms with Crippen molar-refractivity contribution in [1.29, 1.82) is 0 Å². The van der Waals surface area contributed by atoms with Gasteiger partial charge in [-0.1, -0.05) is 27.7 Å². The van der Waals surface area contributed by atoms with E-state index in [4.69, 9.17) is 0 Å². The Balaban J connectivity index is 0.000000303. The molecule has 25 heavy (non-hydrogen) atoms. The summed E-state index contributed by atoms with van der Waals surface area (Å²) in [6.07, 6.45) is 33.3. The van der Waals surface area contributed by atoms with Crippen molar-refractivity contribution in [3.05, 3.63) is 95.2 Å². The summed E-state index contributed by atoms with van der Waals surface area (Å²) < 4.78 is 0. The molecule has 1 heteroatoms. The van der Waals surface area contributed by atoms with Gasteiger partial charge in [0.1, 0.15) is 0 Å². The van der Waals surface area contributed by atoms with Crippen LogP contribution in [0.4, 0.5) is 0 Å². The van der Waals surface area contributed by atoms with Crippen molar-refractivity contribution in [2.24, 2.45) is 0 Å². The van der Waals surface area contributed by atoms with Crippen molar-refractivity contribution in [3.63, 3.8) is 0 Å². The molecule has 0 heterocycles. The standard InChI is InChI=1S/4C6H7.Hf/c4*1-6-4-2-3-5-6;/h4*2,4H,3H2,1H3;/q4*-1;+4. The van der Waals surface area contributed by atoms with Crippen molar-refractivity contribution >= 4 is 0 Å². The molecule has 0 nitrogen and oxygen atoms in total. The molecular formula is C24H28Hf. The zero-order valence-electron chi connectivity index (χ0n) is 15.9. The molecule has 0 bridgehead atoms. The van der Waals surface area contributed by atoms with Crippen molar-refractivity contribution in [3.8, 4) is 0 Å². The molecule has 4 aliphatic rings. The van der Waals surface area contributed by atoms with Gasteiger partial charge >= 0.3 is 25.8 Å². The molecule has 4 rings (SSSR count). The van der Waals surface area contributed by atoms with Crippen LogP contribution in [0.2, 0.25) is 0 Å². The summed E-state index contributed by atoms with van der Waals surface area (Å²) in [5, 5.41) is 0. The van der Waals surface area contributed by atoms with Crippen LogP contribution in [0, 0.1) is 24.3 Å². The Bertz CT molecular complexity index is 493. The van der Waals surface area contributed by atoms with E-state index in [0.29, 0.717) is 0 Å². The fourth-order valence-corrected chi connectivity index (χ4v) is 2.06. The minimum Gasteiger partial charge on any atom is -0.270 e. The Labute approximate surface area is 174 Å². The third-order valence-electron chi connectivity index (χ3n) is 3.47. The Hall–Kier alpha value is -1.21. The molecular weight excluding hydrogens is 467 g/mol. The van der Waals surface area contributed by atoms with Crippen LogP contribution in [0.1, 0.15) is 53.4 Å². The molecule has 0 saturated carbocycles. The molecule has 0 atom stereocenters. The van der Waals surface area contributed by atoms with Gasteiger partial charge in [0.05, 0.1) is 0 Å². The van der Waals surface area contributed by atoms with Crippen molar-refractivity contribution in [2.45, 2.75) is 53.4 Å². The Kier molecular flexibility index (Phi) is 14.3. The van der Waals surface area contributed by atoms with Crippen LogP contribution < -0.4 is 0 Å². The van der Waals surface area contributed by atoms with E-state index in [9.17, 15) is 0 Å². The summed E-state index contributed by atoms with van der Waals surface area (Å²) in [7, 11) is 0. The molecule has 0 aromatic carbocycles. The third kappa shape index (κ3) is 13.7. The molecule has 0 saturated heterocycles. The third-order valence-corrected chi connectivity index (χ3v) is 3.47. The second-order valence-electron chi connectivity index (χ2n) is 5.87. The number of hydrogen-bond acceptors (Lipinski definition) is 0. The molecule has 0 radical (unpaired) electrons. The zero-order chi connectivity index (χ0) is 17.6. The van der Waals surface area contributed by atoms with Crippen LogP contribution in [0.15, 0.2) is 70.9 Å². The van der Waals surface area contributed by atoms with E-state index in [1.165, 1.54) is 22.3 Å². The van der Waals surface area contributed by atoms with Crippen LogP contribution in [-0.4, -0.2) is 0 Å². The maximum Gasteiger partial charge on any atom is 4.00 e. The van der Waals surface area contributed by atoms with Gasteiger partial charge in [0.2, 0.25) is 0 Å². The summed E-state index contributed by atoms with van der Waals surface area (Å²) in [4.78, 5) is 0. The first-order chi connectivity index (χ1) is 11.6. The van der Waals surface area contributed by atoms with Gasteiger partial charge in [-0.3, -0.25) is 24.3 Å². The largest absolute Gasteiger partial charge is 4.00 e. The maximum absolute atomic E-state index is 3.12. The molecule has 0 aromatic rings. The van der Waals surface area contributed by atoms with Crippen molar-refractivity contribution in [1.82, 2.24) is 0 Å². The van der Waals surface area contributed by atoms with E-state index in [0.717, 1.165) is 25.7 Å². The normalized spacial score (nSPS) is 17.8. The average Bonchev–Trinajstić information content (AvgIpc) is 3.31. The molecule has 0 aliphatic heterocycles. The summed E-state index contributed by atoms with van der Waals surface area (Å²) in [6, 6.07) is 0. The summed E-state index contributed by atoms with van der Waals surface area (Å²) in [5.74, 6) is 0. The fraction of sp³-hybridized carbons (Fsp3) is 0.333. The topological polar surface area (TPSA) is 0 Å². The molecule has 4 aliphatic carbocycles. The molecule has 128 valence electrons. The van der Waals surface area contributed by atoms with Gasteiger partial charge in [-0.25, -0.2) is 46.6 Å². The molecule has 0 amide bonds. The van der Waals surface area contributed by atoms with Gasteiger partial charge < -0.3 is 0 Å². The van der Waals surface area contributed by atoms with Crippen LogP contribution in [0.3, 0.4) is 0 Å². The number of rotatable bonds is 0. The summed E-state index contributed by atoms with van der Waals surface area (Å²) in [5.41, 5.74) is 5.09. The van der Waals surface area contributed by atoms with E-state index in [-0.39, 0.29) is 25.8 Å². The quantitative estimate of drug-likeness (QED) is 0.257. The molecule has 0 fully saturated rings. The SMILES string of the molecule is CC1=[C-]CC=C1.CC1=[C-]CC=C1.CC1=[C-]CC=C1.CC1=[C-]CC=C1.[Hf+4]. The molecule has 0 aromatic heterocycles. The van der Waals surface area contributed by atoms with Gasteiger partial charge in [-0.2, -0.15) is 24.3 Å². The van der Waals surface area contributed by atoms with Crippen LogP contribution >= 0.6 is 0 Å². The smallest absolute Gasteiger partial charge is 0.270 e. The number of hydrogen-bond donors (Lipinski definition) is 0. The van der Waals surface area contributed by atoms with Gasteiger partial charge in [-0.15, -0.1) is 25.7 Å². The molecule has 0 spiro atoms. The zero-order valence-corrected chi connectivity index (χ0v) is 19.5. The van der Waals surface area contributed by atoms with Gasteiger partial charge in [0.25, 0.3) is 0 Å². The average molecular weight is 495 g/mol. The first-order valence-corrected chi connectivity index (χ1v) is 8.54. The molecule has 0 unspecified atom stereocenters. The second kappa shape index (κ2) is 15.1. The Morgan fingerprint density at radius 1 is 0.480 bits per heavy atom. The van der Waals surface area contributed by atoms with Crippen LogP contribution in [-0.2, 0) is 25.8 Å². The van der Waals surface area contributed by atoms with Gasteiger partial charge in [0, 0.05) is 0 Å². The van der Waals surface area contributed by atoms with Crippen molar-refractivity contribution in [2.75, 3.05) is 0 Å². The summed E-state index contributed by atoms with van der Waals surface area (Å²) in [6.45, 7) is 8.24. The first kappa shape index (κ1) is 23.8. The van der Waals surface area contributed by atoms with Gasteiger partial charge in [0.15, 0.2) is 0 Å². The second-order valence-corrected chi connectivity index (χ2v) is 5.87. The van der Waals surface area contributed by atoms with Gasteiger partial charge in [-0.05, 0) is 0 Å². The van der Waals surface area contributed by atoms with E-state index in [1.54, 1.807) is 0 Å². The fourth-order valence-electron chi connectivity index (χ4n) is 2.06. The predicted octanol–water partition coefficient (Wildman–Crippen LogP) is 6.78. The predicted molar refractivity (Wildman–Crippen MR) is 105 cm³/mol. The number of allylic oxidation sites excluding steroid dienone is 16. The van der Waals surface area contributed by atoms with E-state index < -0.39 is 0 Å². The molecule has 0 N–H and O–H groups in total. The van der Waals surface area contributed by atoms with E-state index >= 15 is 0 Å². The minimum absolute atomic E-state index is 0. The summed E-state index contributed by atoms with van der Waals surface area (Å²) >= 11 is 0. The maximum atomic E-state index is 3.12.